The van der Waals surface area contributed by atoms with Crippen molar-refractivity contribution in [1.82, 2.24) is 0 Å². The van der Waals surface area contributed by atoms with Gasteiger partial charge >= 0.3 is 0 Å². The van der Waals surface area contributed by atoms with Crippen molar-refractivity contribution >= 4 is 0 Å². The predicted octanol–water partition coefficient (Wildman–Crippen LogP) is 3.29. The third-order valence-corrected chi connectivity index (χ3v) is 2.31. The molecule has 0 heterocycles. The van der Waals surface area contributed by atoms with Gasteiger partial charge in [-0.15, -0.1) is 0 Å². The van der Waals surface area contributed by atoms with Crippen LogP contribution in [0.3, 0.4) is 0 Å². The molecule has 0 aliphatic heterocycles. The van der Waals surface area contributed by atoms with Gasteiger partial charge in [0.05, 0.1) is 12.0 Å². The molecule has 70 valence electrons. The summed E-state index contributed by atoms with van der Waals surface area (Å²) in [4.78, 5) is 3.44. The molecular weight excluding hydrogens is 172 g/mol. The van der Waals surface area contributed by atoms with E-state index in [1.54, 1.807) is 0 Å². The van der Waals surface area contributed by atoms with Gasteiger partial charge in [0.15, 0.2) is 0 Å². The maximum absolute atomic E-state index is 8.71. The smallest absolute Gasteiger partial charge is 0.245 e. The van der Waals surface area contributed by atoms with Crippen molar-refractivity contribution in [1.29, 1.82) is 5.26 Å². The zero-order valence-corrected chi connectivity index (χ0v) is 8.36. The van der Waals surface area contributed by atoms with Crippen molar-refractivity contribution in [3.63, 3.8) is 0 Å². The first kappa shape index (κ1) is 10.3. The lowest BCUT2D eigenvalue weighted by Gasteiger charge is -2.04. The first-order valence-corrected chi connectivity index (χ1v) is 4.55. The summed E-state index contributed by atoms with van der Waals surface area (Å²) in [6, 6.07) is 9.78. The van der Waals surface area contributed by atoms with Gasteiger partial charge in [0.25, 0.3) is 0 Å². The zero-order chi connectivity index (χ0) is 10.6. The highest BCUT2D eigenvalue weighted by molar-refractivity contribution is 5.30. The first-order valence-electron chi connectivity index (χ1n) is 4.55. The fourth-order valence-corrected chi connectivity index (χ4v) is 1.21. The van der Waals surface area contributed by atoms with Gasteiger partial charge in [-0.2, -0.15) is 5.26 Å². The Bertz CT molecular complexity index is 339. The van der Waals surface area contributed by atoms with Crippen molar-refractivity contribution in [2.75, 3.05) is 0 Å². The lowest BCUT2D eigenvalue weighted by atomic mass is 9.99. The van der Waals surface area contributed by atoms with E-state index in [-0.39, 0.29) is 12.0 Å². The minimum absolute atomic E-state index is 0.0766. The molecule has 0 aliphatic carbocycles. The molecule has 2 unspecified atom stereocenters. The molecule has 0 saturated heterocycles. The van der Waals surface area contributed by atoms with Crippen LogP contribution in [-0.4, -0.2) is 0 Å². The van der Waals surface area contributed by atoms with Crippen LogP contribution in [0.25, 0.3) is 4.85 Å². The van der Waals surface area contributed by atoms with E-state index in [0.717, 1.165) is 11.1 Å². The third kappa shape index (κ3) is 2.12. The second-order valence-electron chi connectivity index (χ2n) is 3.32. The Kier molecular flexibility index (Phi) is 3.26. The van der Waals surface area contributed by atoms with Gasteiger partial charge in [-0.1, -0.05) is 24.3 Å². The molecule has 0 aromatic heterocycles. The monoisotopic (exact) mass is 184 g/mol. The fraction of sp³-hybridized carbons (Fsp3) is 0.333. The molecule has 2 atom stereocenters. The molecule has 1 aromatic carbocycles. The summed E-state index contributed by atoms with van der Waals surface area (Å²) in [6.45, 7) is 10.6. The average molecular weight is 184 g/mol. The van der Waals surface area contributed by atoms with E-state index < -0.39 is 0 Å². The molecule has 14 heavy (non-hydrogen) atoms. The van der Waals surface area contributed by atoms with E-state index >= 15 is 0 Å². The number of hydrogen-bond acceptors (Lipinski definition) is 1. The number of nitriles is 1. The minimum atomic E-state index is -0.0959. The molecule has 0 radical (unpaired) electrons. The summed E-state index contributed by atoms with van der Waals surface area (Å²) in [7, 11) is 0. The zero-order valence-electron chi connectivity index (χ0n) is 8.36. The average Bonchev–Trinajstić information content (AvgIpc) is 2.27. The Hall–Kier alpha value is -1.80. The number of benzene rings is 1. The molecule has 0 spiro atoms. The van der Waals surface area contributed by atoms with Gasteiger partial charge < -0.3 is 4.85 Å². The Morgan fingerprint density at radius 2 is 1.71 bits per heavy atom. The molecule has 2 heteroatoms. The van der Waals surface area contributed by atoms with Crippen molar-refractivity contribution in [2.45, 2.75) is 25.8 Å². The number of nitrogens with zero attached hydrogens (tertiary/aromatic N) is 2. The van der Waals surface area contributed by atoms with Gasteiger partial charge in [0, 0.05) is 12.5 Å². The van der Waals surface area contributed by atoms with Crippen LogP contribution in [0.15, 0.2) is 24.3 Å². The van der Waals surface area contributed by atoms with Gasteiger partial charge in [0.2, 0.25) is 6.04 Å². The number of rotatable bonds is 2. The SMILES string of the molecule is [C-]#[N+]C(C)c1ccc(C(C)C#N)cc1. The topological polar surface area (TPSA) is 28.1 Å². The van der Waals surface area contributed by atoms with Crippen LogP contribution in [-0.2, 0) is 0 Å². The van der Waals surface area contributed by atoms with Crippen molar-refractivity contribution in [3.05, 3.63) is 46.8 Å². The highest BCUT2D eigenvalue weighted by atomic mass is 14.7. The largest absolute Gasteiger partial charge is 0.309 e. The predicted molar refractivity (Wildman–Crippen MR) is 55.5 cm³/mol. The van der Waals surface area contributed by atoms with Gasteiger partial charge in [-0.3, -0.25) is 0 Å². The van der Waals surface area contributed by atoms with E-state index in [0.29, 0.717) is 0 Å². The van der Waals surface area contributed by atoms with E-state index in [1.165, 1.54) is 0 Å². The molecule has 1 rings (SSSR count). The lowest BCUT2D eigenvalue weighted by molar-refractivity contribution is 0.942. The van der Waals surface area contributed by atoms with Gasteiger partial charge in [-0.05, 0) is 12.5 Å². The minimum Gasteiger partial charge on any atom is -0.309 e. The van der Waals surface area contributed by atoms with Crippen molar-refractivity contribution in [3.8, 4) is 6.07 Å². The standard InChI is InChI=1S/C12H12N2/c1-9(8-13)11-4-6-12(7-5-11)10(2)14-3/h4-7,9-10H,1-2H3. The fourth-order valence-electron chi connectivity index (χ4n) is 1.21. The summed E-state index contributed by atoms with van der Waals surface area (Å²) in [5.41, 5.74) is 2.02. The van der Waals surface area contributed by atoms with Crippen LogP contribution in [0.2, 0.25) is 0 Å². The summed E-state index contributed by atoms with van der Waals surface area (Å²) in [6.07, 6.45) is 0. The molecule has 0 fully saturated rings. The molecule has 2 nitrogen and oxygen atoms in total. The Morgan fingerprint density at radius 1 is 1.21 bits per heavy atom. The molecule has 1 aromatic rings. The van der Waals surface area contributed by atoms with E-state index in [9.17, 15) is 0 Å². The highest BCUT2D eigenvalue weighted by Crippen LogP contribution is 2.20. The number of hydrogen-bond donors (Lipinski definition) is 0. The summed E-state index contributed by atoms with van der Waals surface area (Å²) >= 11 is 0. The Morgan fingerprint density at radius 3 is 2.14 bits per heavy atom. The van der Waals surface area contributed by atoms with E-state index in [4.69, 9.17) is 11.8 Å². The van der Waals surface area contributed by atoms with Crippen LogP contribution in [0, 0.1) is 17.9 Å². The van der Waals surface area contributed by atoms with E-state index in [2.05, 4.69) is 10.9 Å². The van der Waals surface area contributed by atoms with Crippen LogP contribution in [0.4, 0.5) is 0 Å². The summed E-state index contributed by atoms with van der Waals surface area (Å²) < 4.78 is 0. The quantitative estimate of drug-likeness (QED) is 0.648. The molecule has 0 saturated carbocycles. The first-order chi connectivity index (χ1) is 6.69. The molecule has 0 bridgehead atoms. The maximum atomic E-state index is 8.71. The summed E-state index contributed by atoms with van der Waals surface area (Å²) in [5, 5.41) is 8.71. The van der Waals surface area contributed by atoms with Gasteiger partial charge in [0.1, 0.15) is 0 Å². The van der Waals surface area contributed by atoms with Crippen LogP contribution in [0.1, 0.15) is 36.9 Å². The maximum Gasteiger partial charge on any atom is 0.245 e. The molecule has 0 N–H and O–H groups in total. The van der Waals surface area contributed by atoms with Crippen LogP contribution in [0.5, 0.6) is 0 Å². The van der Waals surface area contributed by atoms with Gasteiger partial charge in [-0.25, -0.2) is 6.57 Å². The second-order valence-corrected chi connectivity index (χ2v) is 3.32. The van der Waals surface area contributed by atoms with Crippen LogP contribution < -0.4 is 0 Å². The second kappa shape index (κ2) is 4.44. The molecular formula is C12H12N2. The Labute approximate surface area is 84.6 Å². The highest BCUT2D eigenvalue weighted by Gasteiger charge is 2.09. The van der Waals surface area contributed by atoms with E-state index in [1.807, 2.05) is 38.1 Å². The van der Waals surface area contributed by atoms with Crippen LogP contribution >= 0.6 is 0 Å². The normalized spacial score (nSPS) is 13.7. The van der Waals surface area contributed by atoms with Crippen molar-refractivity contribution in [2.24, 2.45) is 0 Å². The lowest BCUT2D eigenvalue weighted by Crippen LogP contribution is -1.91. The Balaban J connectivity index is 2.91. The molecule has 0 amide bonds. The molecule has 0 aliphatic rings. The third-order valence-electron chi connectivity index (χ3n) is 2.31. The van der Waals surface area contributed by atoms with Crippen molar-refractivity contribution < 1.29 is 0 Å². The summed E-state index contributed by atoms with van der Waals surface area (Å²) in [5.74, 6) is -0.0766.